The Bertz CT molecular complexity index is 1490. The lowest BCUT2D eigenvalue weighted by Gasteiger charge is -2.15. The second kappa shape index (κ2) is 12.7. The average molecular weight is 542 g/mol. The van der Waals surface area contributed by atoms with Gasteiger partial charge in [-0.2, -0.15) is 0 Å². The summed E-state index contributed by atoms with van der Waals surface area (Å²) in [4.78, 5) is 35.1. The molecule has 39 heavy (non-hydrogen) atoms. The third kappa shape index (κ3) is 7.20. The number of carbonyl (C=O) groups excluding carboxylic acids is 2. The highest BCUT2D eigenvalue weighted by Crippen LogP contribution is 2.30. The Kier molecular flexibility index (Phi) is 8.90. The van der Waals surface area contributed by atoms with Crippen molar-refractivity contribution in [2.75, 3.05) is 23.9 Å². The van der Waals surface area contributed by atoms with Gasteiger partial charge in [0.15, 0.2) is 0 Å². The number of aromatic nitrogens is 2. The first kappa shape index (κ1) is 27.3. The summed E-state index contributed by atoms with van der Waals surface area (Å²) in [6, 6.07) is 19.6. The van der Waals surface area contributed by atoms with Crippen molar-refractivity contribution in [3.63, 3.8) is 0 Å². The maximum Gasteiger partial charge on any atom is 0.264 e. The number of fused-ring (bicyclic) bond motifs is 1. The summed E-state index contributed by atoms with van der Waals surface area (Å²) in [5.41, 5.74) is 1.83. The number of amides is 2. The molecule has 200 valence electrons. The summed E-state index contributed by atoms with van der Waals surface area (Å²) >= 11 is 0. The van der Waals surface area contributed by atoms with Crippen molar-refractivity contribution >= 4 is 43.0 Å². The molecule has 0 fully saturated rings. The Morgan fingerprint density at radius 1 is 0.897 bits per heavy atom. The first-order chi connectivity index (χ1) is 18.8. The Balaban J connectivity index is 1.50. The van der Waals surface area contributed by atoms with E-state index >= 15 is 0 Å². The molecule has 9 nitrogen and oxygen atoms in total. The molecule has 2 amide bonds. The second-order valence-corrected chi connectivity index (χ2v) is 12.4. The minimum Gasteiger partial charge on any atom is -0.497 e. The van der Waals surface area contributed by atoms with Crippen LogP contribution in [-0.2, 0) is 9.59 Å². The molecule has 0 radical (unpaired) electrons. The van der Waals surface area contributed by atoms with Crippen molar-refractivity contribution in [1.29, 1.82) is 0 Å². The summed E-state index contributed by atoms with van der Waals surface area (Å²) in [6.45, 7) is 6.10. The largest absolute Gasteiger partial charge is 0.497 e. The van der Waals surface area contributed by atoms with E-state index < -0.39 is 20.6 Å². The normalized spacial score (nSPS) is 11.5. The molecule has 4 aromatic rings. The lowest BCUT2D eigenvalue weighted by molar-refractivity contribution is -0.118. The van der Waals surface area contributed by atoms with Gasteiger partial charge in [-0.15, -0.1) is 0 Å². The van der Waals surface area contributed by atoms with Crippen LogP contribution in [0.15, 0.2) is 90.4 Å². The predicted molar refractivity (Wildman–Crippen MR) is 156 cm³/mol. The van der Waals surface area contributed by atoms with E-state index in [9.17, 15) is 9.59 Å². The number of hydrogen-bond donors (Lipinski definition) is 3. The number of pyridine rings is 2. The molecule has 0 aliphatic heterocycles. The van der Waals surface area contributed by atoms with Crippen molar-refractivity contribution in [2.24, 2.45) is 0 Å². The van der Waals surface area contributed by atoms with Gasteiger partial charge in [0, 0.05) is 35.2 Å². The minimum atomic E-state index is -0.969. The van der Waals surface area contributed by atoms with Crippen LogP contribution in [-0.4, -0.2) is 43.9 Å². The third-order valence-corrected chi connectivity index (χ3v) is 6.77. The number of anilines is 2. The smallest absolute Gasteiger partial charge is 0.264 e. The molecule has 3 N–H and O–H groups in total. The number of nitrogens with zero attached hydrogens (tertiary/aromatic N) is 2. The van der Waals surface area contributed by atoms with Crippen molar-refractivity contribution in [3.05, 3.63) is 90.4 Å². The summed E-state index contributed by atoms with van der Waals surface area (Å²) in [5.74, 6) is 1.02. The SMILES string of the molecule is COc1ccc2c(Oc3ccc(NC(=O)/C(C(=O)Nc4ccccc4)=C(\C)NC[SiH](C)C)nc3)ccnc2c1. The number of ether oxygens (including phenoxy) is 2. The van der Waals surface area contributed by atoms with Gasteiger partial charge in [0.1, 0.15) is 28.6 Å². The fourth-order valence-electron chi connectivity index (χ4n) is 3.74. The number of rotatable bonds is 10. The topological polar surface area (TPSA) is 114 Å². The van der Waals surface area contributed by atoms with Crippen LogP contribution < -0.4 is 25.4 Å². The van der Waals surface area contributed by atoms with Crippen LogP contribution in [0.3, 0.4) is 0 Å². The average Bonchev–Trinajstić information content (AvgIpc) is 2.93. The number of hydrogen-bond acceptors (Lipinski definition) is 7. The van der Waals surface area contributed by atoms with E-state index in [1.54, 1.807) is 50.6 Å². The van der Waals surface area contributed by atoms with E-state index in [1.807, 2.05) is 36.4 Å². The number of para-hydroxylation sites is 1. The second-order valence-electron chi connectivity index (χ2n) is 9.22. The molecule has 0 aliphatic carbocycles. The summed E-state index contributed by atoms with van der Waals surface area (Å²) < 4.78 is 11.3. The first-order valence-electron chi connectivity index (χ1n) is 12.5. The molecule has 0 spiro atoms. The predicted octanol–water partition coefficient (Wildman–Crippen LogP) is 4.90. The Labute approximate surface area is 228 Å². The first-order valence-corrected chi connectivity index (χ1v) is 15.7. The maximum absolute atomic E-state index is 13.3. The molecule has 0 atom stereocenters. The van der Waals surface area contributed by atoms with Gasteiger partial charge in [-0.1, -0.05) is 31.3 Å². The lowest BCUT2D eigenvalue weighted by atomic mass is 10.1. The quantitative estimate of drug-likeness (QED) is 0.113. The zero-order valence-electron chi connectivity index (χ0n) is 22.3. The molecule has 2 aromatic carbocycles. The van der Waals surface area contributed by atoms with E-state index in [0.717, 1.165) is 17.1 Å². The highest BCUT2D eigenvalue weighted by atomic mass is 28.3. The highest BCUT2D eigenvalue weighted by molar-refractivity contribution is 6.55. The van der Waals surface area contributed by atoms with E-state index in [2.05, 4.69) is 39.0 Å². The van der Waals surface area contributed by atoms with E-state index in [-0.39, 0.29) is 11.4 Å². The third-order valence-electron chi connectivity index (χ3n) is 5.75. The van der Waals surface area contributed by atoms with Gasteiger partial charge in [-0.25, -0.2) is 4.98 Å². The van der Waals surface area contributed by atoms with Gasteiger partial charge < -0.3 is 25.4 Å². The van der Waals surface area contributed by atoms with Gasteiger partial charge in [0.25, 0.3) is 11.8 Å². The Morgan fingerprint density at radius 2 is 1.64 bits per heavy atom. The summed E-state index contributed by atoms with van der Waals surface area (Å²) in [6.07, 6.45) is 3.92. The van der Waals surface area contributed by atoms with Gasteiger partial charge in [-0.05, 0) is 49.4 Å². The molecule has 2 heterocycles. The highest BCUT2D eigenvalue weighted by Gasteiger charge is 2.22. The lowest BCUT2D eigenvalue weighted by Crippen LogP contribution is -2.32. The fourth-order valence-corrected chi connectivity index (χ4v) is 4.46. The molecule has 0 aliphatic rings. The van der Waals surface area contributed by atoms with Crippen LogP contribution in [0.4, 0.5) is 11.5 Å². The number of benzene rings is 2. The summed E-state index contributed by atoms with van der Waals surface area (Å²) in [7, 11) is 0.636. The molecule has 10 heteroatoms. The standard InChI is InChI=1S/C29H31N5O4Si/c1-19(32-18-39(3)4)27(28(35)33-20-8-6-5-7-9-20)29(36)34-26-13-11-22(17-31-26)38-25-14-15-30-24-16-21(37-2)10-12-23(24)25/h5-17,32,39H,18H2,1-4H3,(H,33,35)(H,31,34,36)/b27-19+. The van der Waals surface area contributed by atoms with E-state index in [4.69, 9.17) is 9.47 Å². The van der Waals surface area contributed by atoms with Crippen LogP contribution in [0.2, 0.25) is 13.1 Å². The number of methoxy groups -OCH3 is 1. The van der Waals surface area contributed by atoms with Gasteiger partial charge >= 0.3 is 0 Å². The van der Waals surface area contributed by atoms with Crippen molar-refractivity contribution < 1.29 is 19.1 Å². The van der Waals surface area contributed by atoms with Crippen LogP contribution in [0.5, 0.6) is 17.2 Å². The summed E-state index contributed by atoms with van der Waals surface area (Å²) in [5, 5.41) is 9.59. The monoisotopic (exact) mass is 541 g/mol. The van der Waals surface area contributed by atoms with E-state index in [0.29, 0.717) is 28.6 Å². The van der Waals surface area contributed by atoms with Crippen molar-refractivity contribution in [1.82, 2.24) is 15.3 Å². The zero-order valence-corrected chi connectivity index (χ0v) is 23.5. The van der Waals surface area contributed by atoms with Crippen molar-refractivity contribution in [2.45, 2.75) is 20.0 Å². The molecule has 4 rings (SSSR count). The molecule has 0 saturated carbocycles. The fraction of sp³-hybridized carbons (Fsp3) is 0.172. The molecular weight excluding hydrogens is 510 g/mol. The van der Waals surface area contributed by atoms with Crippen LogP contribution >= 0.6 is 0 Å². The van der Waals surface area contributed by atoms with Crippen LogP contribution in [0.25, 0.3) is 10.9 Å². The molecule has 0 unspecified atom stereocenters. The Morgan fingerprint density at radius 3 is 2.33 bits per heavy atom. The van der Waals surface area contributed by atoms with Crippen molar-refractivity contribution in [3.8, 4) is 17.2 Å². The maximum atomic E-state index is 13.3. The van der Waals surface area contributed by atoms with Gasteiger partial charge in [-0.3, -0.25) is 14.6 Å². The van der Waals surface area contributed by atoms with Gasteiger partial charge in [0.2, 0.25) is 0 Å². The van der Waals surface area contributed by atoms with Crippen LogP contribution in [0, 0.1) is 0 Å². The number of carbonyl (C=O) groups is 2. The number of nitrogens with one attached hydrogen (secondary N) is 3. The zero-order chi connectivity index (χ0) is 27.8. The molecule has 2 aromatic heterocycles. The number of allylic oxidation sites excluding steroid dienone is 1. The minimum absolute atomic E-state index is 0.00527. The Hall–Kier alpha value is -4.70. The van der Waals surface area contributed by atoms with Gasteiger partial charge in [0.05, 0.1) is 27.6 Å². The molecule has 0 saturated heterocycles. The molecular formula is C29H31N5O4Si. The van der Waals surface area contributed by atoms with E-state index in [1.165, 1.54) is 6.20 Å². The molecule has 0 bridgehead atoms. The van der Waals surface area contributed by atoms with Crippen LogP contribution in [0.1, 0.15) is 6.92 Å².